The van der Waals surface area contributed by atoms with Gasteiger partial charge in [-0.2, -0.15) is 0 Å². The highest BCUT2D eigenvalue weighted by atomic mass is 32.1. The van der Waals surface area contributed by atoms with Gasteiger partial charge in [-0.3, -0.25) is 9.59 Å². The number of fused-ring (bicyclic) bond motifs is 3. The Balaban J connectivity index is 1.34. The van der Waals surface area contributed by atoms with Crippen molar-refractivity contribution in [1.29, 1.82) is 0 Å². The molecule has 0 bridgehead atoms. The molecular formula is C22H19NO4S. The topological polar surface area (TPSA) is 68.5 Å². The normalized spacial score (nSPS) is 11.0. The Kier molecular flexibility index (Phi) is 5.39. The lowest BCUT2D eigenvalue weighted by atomic mass is 10.0. The Bertz CT molecular complexity index is 1110. The highest BCUT2D eigenvalue weighted by Crippen LogP contribution is 2.30. The van der Waals surface area contributed by atoms with Crippen LogP contribution < -0.4 is 5.32 Å². The minimum atomic E-state index is -0.455. The van der Waals surface area contributed by atoms with E-state index in [1.807, 2.05) is 53.9 Å². The molecule has 142 valence electrons. The zero-order chi connectivity index (χ0) is 19.3. The molecule has 28 heavy (non-hydrogen) atoms. The highest BCUT2D eigenvalue weighted by molar-refractivity contribution is 7.09. The monoisotopic (exact) mass is 393 g/mol. The van der Waals surface area contributed by atoms with Gasteiger partial charge in [-0.15, -0.1) is 11.3 Å². The van der Waals surface area contributed by atoms with E-state index in [2.05, 4.69) is 5.32 Å². The molecule has 0 unspecified atom stereocenters. The molecular weight excluding hydrogens is 374 g/mol. The highest BCUT2D eigenvalue weighted by Gasteiger charge is 2.15. The van der Waals surface area contributed by atoms with E-state index in [9.17, 15) is 9.59 Å². The quantitative estimate of drug-likeness (QED) is 0.480. The van der Waals surface area contributed by atoms with E-state index < -0.39 is 5.97 Å². The minimum absolute atomic E-state index is 0.0590. The average molecular weight is 393 g/mol. The molecule has 5 nitrogen and oxygen atoms in total. The van der Waals surface area contributed by atoms with Crippen LogP contribution in [0.2, 0.25) is 0 Å². The number of carbonyl (C=O) groups is 2. The summed E-state index contributed by atoms with van der Waals surface area (Å²) in [4.78, 5) is 25.3. The van der Waals surface area contributed by atoms with E-state index in [-0.39, 0.29) is 18.9 Å². The number of esters is 1. The molecule has 0 fully saturated rings. The van der Waals surface area contributed by atoms with Gasteiger partial charge in [0.2, 0.25) is 0 Å². The molecule has 0 aliphatic rings. The second-order valence-electron chi connectivity index (χ2n) is 6.44. The van der Waals surface area contributed by atoms with Gasteiger partial charge in [0.05, 0.1) is 12.7 Å². The molecule has 4 rings (SSSR count). The van der Waals surface area contributed by atoms with E-state index in [4.69, 9.17) is 9.15 Å². The molecule has 1 amide bonds. The van der Waals surface area contributed by atoms with E-state index in [0.717, 1.165) is 33.7 Å². The van der Waals surface area contributed by atoms with Crippen LogP contribution in [0.5, 0.6) is 0 Å². The van der Waals surface area contributed by atoms with Crippen LogP contribution in [0.15, 0.2) is 64.6 Å². The van der Waals surface area contributed by atoms with Crippen LogP contribution in [0.25, 0.3) is 21.7 Å². The number of nitrogens with one attached hydrogen (secondary N) is 1. The van der Waals surface area contributed by atoms with Crippen LogP contribution in [0, 0.1) is 0 Å². The van der Waals surface area contributed by atoms with Crippen molar-refractivity contribution in [3.05, 3.63) is 70.6 Å². The second kappa shape index (κ2) is 8.27. The molecule has 0 aliphatic heterocycles. The van der Waals surface area contributed by atoms with Crippen molar-refractivity contribution in [2.75, 3.05) is 13.2 Å². The summed E-state index contributed by atoms with van der Waals surface area (Å²) >= 11 is 1.65. The molecule has 2 aromatic carbocycles. The van der Waals surface area contributed by atoms with E-state index in [0.29, 0.717) is 6.54 Å². The van der Waals surface area contributed by atoms with Crippen molar-refractivity contribution in [2.24, 2.45) is 0 Å². The van der Waals surface area contributed by atoms with Gasteiger partial charge in [-0.05, 0) is 34.7 Å². The lowest BCUT2D eigenvalue weighted by Gasteiger charge is -2.06. The number of hydrogen-bond acceptors (Lipinski definition) is 5. The lowest BCUT2D eigenvalue weighted by Crippen LogP contribution is -2.30. The third-order valence-electron chi connectivity index (χ3n) is 4.51. The van der Waals surface area contributed by atoms with Crippen LogP contribution in [-0.4, -0.2) is 25.0 Å². The zero-order valence-corrected chi connectivity index (χ0v) is 16.0. The number of ether oxygens (including phenoxy) is 1. The molecule has 0 saturated carbocycles. The number of rotatable bonds is 7. The molecule has 0 spiro atoms. The van der Waals surface area contributed by atoms with Gasteiger partial charge in [0.15, 0.2) is 6.61 Å². The number of hydrogen-bond donors (Lipinski definition) is 1. The van der Waals surface area contributed by atoms with E-state index in [1.165, 1.54) is 4.88 Å². The minimum Gasteiger partial charge on any atom is -0.464 e. The smallest absolute Gasteiger partial charge is 0.310 e. The summed E-state index contributed by atoms with van der Waals surface area (Å²) in [5, 5.41) is 7.79. The maximum Gasteiger partial charge on any atom is 0.310 e. The lowest BCUT2D eigenvalue weighted by molar-refractivity contribution is -0.147. The van der Waals surface area contributed by atoms with Gasteiger partial charge in [-0.1, -0.05) is 36.4 Å². The van der Waals surface area contributed by atoms with Crippen LogP contribution in [0.3, 0.4) is 0 Å². The molecule has 0 saturated heterocycles. The van der Waals surface area contributed by atoms with E-state index in [1.54, 1.807) is 17.6 Å². The summed E-state index contributed by atoms with van der Waals surface area (Å²) in [7, 11) is 0. The van der Waals surface area contributed by atoms with Gasteiger partial charge in [0.25, 0.3) is 5.91 Å². The van der Waals surface area contributed by atoms with Gasteiger partial charge in [0, 0.05) is 22.4 Å². The van der Waals surface area contributed by atoms with E-state index >= 15 is 0 Å². The predicted octanol–water partition coefficient (Wildman–Crippen LogP) is 4.09. The van der Waals surface area contributed by atoms with Crippen LogP contribution in [0.4, 0.5) is 0 Å². The molecule has 0 aliphatic carbocycles. The second-order valence-corrected chi connectivity index (χ2v) is 7.47. The molecule has 4 aromatic rings. The number of amides is 1. The molecule has 0 radical (unpaired) electrons. The van der Waals surface area contributed by atoms with Crippen LogP contribution in [0.1, 0.15) is 10.4 Å². The molecule has 0 atom stereocenters. The number of carbonyl (C=O) groups excluding carboxylic acids is 2. The average Bonchev–Trinajstić information content (AvgIpc) is 3.37. The summed E-state index contributed by atoms with van der Waals surface area (Å²) in [6, 6.07) is 15.8. The van der Waals surface area contributed by atoms with Gasteiger partial charge in [0.1, 0.15) is 5.58 Å². The van der Waals surface area contributed by atoms with Gasteiger partial charge < -0.3 is 14.5 Å². The molecule has 1 N–H and O–H groups in total. The fourth-order valence-corrected chi connectivity index (χ4v) is 3.90. The summed E-state index contributed by atoms with van der Waals surface area (Å²) < 4.78 is 10.7. The van der Waals surface area contributed by atoms with Crippen molar-refractivity contribution >= 4 is 45.0 Å². The standard InChI is InChI=1S/C22H19NO4S/c24-20(23-10-9-17-5-3-11-28-17)14-27-21(25)12-16-13-26-19-8-7-15-4-1-2-6-18(15)22(16)19/h1-8,11,13H,9-10,12,14H2,(H,23,24). The fourth-order valence-electron chi connectivity index (χ4n) is 3.19. The van der Waals surface area contributed by atoms with Crippen molar-refractivity contribution in [3.8, 4) is 0 Å². The van der Waals surface area contributed by atoms with Crippen molar-refractivity contribution in [1.82, 2.24) is 5.32 Å². The molecule has 2 heterocycles. The Morgan fingerprint density at radius 3 is 2.82 bits per heavy atom. The van der Waals surface area contributed by atoms with Crippen molar-refractivity contribution in [2.45, 2.75) is 12.8 Å². The largest absolute Gasteiger partial charge is 0.464 e. The number of thiophene rings is 1. The summed E-state index contributed by atoms with van der Waals surface area (Å²) in [6.45, 7) is 0.245. The summed E-state index contributed by atoms with van der Waals surface area (Å²) in [5.41, 5.74) is 1.49. The van der Waals surface area contributed by atoms with Gasteiger partial charge in [-0.25, -0.2) is 0 Å². The Morgan fingerprint density at radius 2 is 1.96 bits per heavy atom. The first-order valence-corrected chi connectivity index (χ1v) is 9.91. The predicted molar refractivity (Wildman–Crippen MR) is 109 cm³/mol. The number of benzene rings is 2. The Hall–Kier alpha value is -3.12. The van der Waals surface area contributed by atoms with Crippen molar-refractivity contribution < 1.29 is 18.7 Å². The number of furan rings is 1. The SMILES string of the molecule is O=C(COC(=O)Cc1coc2ccc3ccccc3c12)NCCc1cccs1. The Morgan fingerprint density at radius 1 is 1.07 bits per heavy atom. The summed E-state index contributed by atoms with van der Waals surface area (Å²) in [5.74, 6) is -0.753. The Labute approximate surface area is 165 Å². The maximum atomic E-state index is 12.2. The first-order valence-electron chi connectivity index (χ1n) is 9.03. The van der Waals surface area contributed by atoms with Crippen molar-refractivity contribution in [3.63, 3.8) is 0 Å². The van der Waals surface area contributed by atoms with Crippen LogP contribution in [-0.2, 0) is 27.2 Å². The third kappa shape index (κ3) is 4.07. The first kappa shape index (κ1) is 18.3. The molecule has 6 heteroatoms. The first-order chi connectivity index (χ1) is 13.7. The zero-order valence-electron chi connectivity index (χ0n) is 15.1. The van der Waals surface area contributed by atoms with Crippen LogP contribution >= 0.6 is 11.3 Å². The maximum absolute atomic E-state index is 12.2. The molecule has 2 aromatic heterocycles. The van der Waals surface area contributed by atoms with Gasteiger partial charge >= 0.3 is 5.97 Å². The third-order valence-corrected chi connectivity index (χ3v) is 5.45. The summed E-state index contributed by atoms with van der Waals surface area (Å²) in [6.07, 6.45) is 2.41. The fraction of sp³-hybridized carbons (Fsp3) is 0.182.